The van der Waals surface area contributed by atoms with E-state index >= 15 is 0 Å². The average molecular weight is 278 g/mol. The van der Waals surface area contributed by atoms with Gasteiger partial charge in [0.05, 0.1) is 11.3 Å². The topological polar surface area (TPSA) is 35.8 Å². The molecule has 0 aromatic heterocycles. The zero-order chi connectivity index (χ0) is 12.8. The van der Waals surface area contributed by atoms with Crippen LogP contribution in [0, 0.1) is 11.3 Å². The monoisotopic (exact) mass is 278 g/mol. The van der Waals surface area contributed by atoms with E-state index in [2.05, 4.69) is 23.1 Å². The number of rotatable bonds is 4. The zero-order valence-corrected chi connectivity index (χ0v) is 12.2. The number of thioether (sulfide) groups is 2. The van der Waals surface area contributed by atoms with Crippen molar-refractivity contribution in [3.8, 4) is 6.07 Å². The summed E-state index contributed by atoms with van der Waals surface area (Å²) in [6.45, 7) is 0.969. The number of hydrogen-bond acceptors (Lipinski definition) is 4. The second kappa shape index (κ2) is 6.96. The molecule has 0 bridgehead atoms. The van der Waals surface area contributed by atoms with Crippen molar-refractivity contribution in [2.75, 3.05) is 23.9 Å². The van der Waals surface area contributed by atoms with Crippen molar-refractivity contribution in [3.05, 3.63) is 23.8 Å². The first kappa shape index (κ1) is 13.6. The summed E-state index contributed by atoms with van der Waals surface area (Å²) in [6, 6.07) is 8.34. The van der Waals surface area contributed by atoms with Crippen LogP contribution in [0.4, 0.5) is 5.69 Å². The lowest BCUT2D eigenvalue weighted by molar-refractivity contribution is 0.677. The normalized spacial score (nSPS) is 19.2. The lowest BCUT2D eigenvalue weighted by Crippen LogP contribution is -2.20. The molecule has 0 spiro atoms. The molecule has 0 radical (unpaired) electrons. The van der Waals surface area contributed by atoms with Crippen molar-refractivity contribution in [1.29, 1.82) is 5.26 Å². The summed E-state index contributed by atoms with van der Waals surface area (Å²) in [5, 5.41) is 13.4. The molecule has 4 heteroatoms. The van der Waals surface area contributed by atoms with Crippen molar-refractivity contribution >= 4 is 29.2 Å². The minimum absolute atomic E-state index is 0.697. The van der Waals surface area contributed by atoms with E-state index in [9.17, 15) is 5.26 Å². The first-order valence-corrected chi connectivity index (χ1v) is 8.55. The summed E-state index contributed by atoms with van der Waals surface area (Å²) in [5.74, 6) is 1.28. The third kappa shape index (κ3) is 3.37. The molecule has 0 aliphatic carbocycles. The van der Waals surface area contributed by atoms with Gasteiger partial charge in [-0.15, -0.1) is 11.8 Å². The molecule has 1 N–H and O–H groups in total. The largest absolute Gasteiger partial charge is 0.383 e. The van der Waals surface area contributed by atoms with Crippen molar-refractivity contribution in [3.63, 3.8) is 0 Å². The van der Waals surface area contributed by atoms with Crippen LogP contribution in [0.3, 0.4) is 0 Å². The minimum Gasteiger partial charge on any atom is -0.383 e. The van der Waals surface area contributed by atoms with Crippen LogP contribution in [0.1, 0.15) is 24.8 Å². The van der Waals surface area contributed by atoms with Gasteiger partial charge in [0, 0.05) is 16.7 Å². The van der Waals surface area contributed by atoms with Gasteiger partial charge in [0.25, 0.3) is 0 Å². The summed E-state index contributed by atoms with van der Waals surface area (Å²) >= 11 is 3.68. The molecule has 1 fully saturated rings. The van der Waals surface area contributed by atoms with Crippen molar-refractivity contribution in [1.82, 2.24) is 0 Å². The Morgan fingerprint density at radius 2 is 2.39 bits per heavy atom. The first-order chi connectivity index (χ1) is 8.85. The summed E-state index contributed by atoms with van der Waals surface area (Å²) in [5.41, 5.74) is 1.77. The maximum atomic E-state index is 9.26. The number of nitriles is 1. The molecule has 1 aromatic rings. The van der Waals surface area contributed by atoms with E-state index in [0.29, 0.717) is 5.25 Å². The van der Waals surface area contributed by atoms with Crippen molar-refractivity contribution in [2.24, 2.45) is 0 Å². The molecule has 2 rings (SSSR count). The molecule has 1 atom stereocenters. The fourth-order valence-corrected chi connectivity index (χ4v) is 3.97. The van der Waals surface area contributed by atoms with E-state index in [1.54, 1.807) is 11.8 Å². The van der Waals surface area contributed by atoms with E-state index in [4.69, 9.17) is 0 Å². The number of nitrogens with one attached hydrogen (secondary N) is 1. The van der Waals surface area contributed by atoms with Gasteiger partial charge in [-0.3, -0.25) is 0 Å². The molecule has 18 heavy (non-hydrogen) atoms. The molecular weight excluding hydrogens is 260 g/mol. The Bertz CT molecular complexity index is 434. The van der Waals surface area contributed by atoms with Crippen LogP contribution in [0.25, 0.3) is 0 Å². The number of anilines is 1. The molecule has 96 valence electrons. The Morgan fingerprint density at radius 3 is 3.06 bits per heavy atom. The molecule has 1 aliphatic heterocycles. The predicted molar refractivity (Wildman–Crippen MR) is 81.5 cm³/mol. The molecule has 2 nitrogen and oxygen atoms in total. The van der Waals surface area contributed by atoms with Crippen molar-refractivity contribution in [2.45, 2.75) is 29.4 Å². The van der Waals surface area contributed by atoms with Crippen LogP contribution < -0.4 is 5.32 Å². The summed E-state index contributed by atoms with van der Waals surface area (Å²) in [6.07, 6.45) is 6.00. The Labute approximate surface area is 118 Å². The number of benzene rings is 1. The highest BCUT2D eigenvalue weighted by molar-refractivity contribution is 8.00. The lowest BCUT2D eigenvalue weighted by Gasteiger charge is -2.22. The maximum absolute atomic E-state index is 9.26. The molecule has 1 aliphatic rings. The van der Waals surface area contributed by atoms with Gasteiger partial charge in [-0.25, -0.2) is 0 Å². The van der Waals surface area contributed by atoms with Gasteiger partial charge in [0.15, 0.2) is 0 Å². The Balaban J connectivity index is 2.02. The molecule has 1 heterocycles. The number of nitrogens with zero attached hydrogens (tertiary/aromatic N) is 1. The summed E-state index contributed by atoms with van der Waals surface area (Å²) < 4.78 is 0. The molecular formula is C14H18N2S2. The van der Waals surface area contributed by atoms with Crippen LogP contribution in [0.2, 0.25) is 0 Å². The van der Waals surface area contributed by atoms with E-state index in [1.807, 2.05) is 24.5 Å². The summed E-state index contributed by atoms with van der Waals surface area (Å²) in [7, 11) is 0. The van der Waals surface area contributed by atoms with Gasteiger partial charge in [-0.1, -0.05) is 12.5 Å². The third-order valence-electron chi connectivity index (χ3n) is 3.15. The van der Waals surface area contributed by atoms with Gasteiger partial charge in [-0.2, -0.15) is 17.0 Å². The predicted octanol–water partition coefficient (Wildman–Crippen LogP) is 3.98. The minimum atomic E-state index is 0.697. The van der Waals surface area contributed by atoms with E-state index < -0.39 is 0 Å². The fourth-order valence-electron chi connectivity index (χ4n) is 2.16. The standard InChI is InChI=1S/C14H18N2S2/c1-17-14-7-4-6-13(12(14)9-15)16-10-11-5-2-3-8-18-11/h4,6-7,11,16H,2-3,5,8,10H2,1H3. The highest BCUT2D eigenvalue weighted by Gasteiger charge is 2.14. The Hall–Kier alpha value is -0.790. The van der Waals surface area contributed by atoms with E-state index in [1.165, 1.54) is 25.0 Å². The van der Waals surface area contributed by atoms with Gasteiger partial charge in [0.2, 0.25) is 0 Å². The Kier molecular flexibility index (Phi) is 5.27. The van der Waals surface area contributed by atoms with Crippen LogP contribution in [0.15, 0.2) is 23.1 Å². The Morgan fingerprint density at radius 1 is 1.50 bits per heavy atom. The smallest absolute Gasteiger partial charge is 0.102 e. The average Bonchev–Trinajstić information content (AvgIpc) is 2.45. The van der Waals surface area contributed by atoms with E-state index in [0.717, 1.165) is 22.7 Å². The van der Waals surface area contributed by atoms with Crippen molar-refractivity contribution < 1.29 is 0 Å². The van der Waals surface area contributed by atoms with Crippen LogP contribution >= 0.6 is 23.5 Å². The maximum Gasteiger partial charge on any atom is 0.102 e. The number of hydrogen-bond donors (Lipinski definition) is 1. The molecule has 1 saturated heterocycles. The molecule has 1 unspecified atom stereocenters. The molecule has 0 saturated carbocycles. The van der Waals surface area contributed by atoms with Gasteiger partial charge in [-0.05, 0) is 37.0 Å². The third-order valence-corrected chi connectivity index (χ3v) is 5.33. The highest BCUT2D eigenvalue weighted by atomic mass is 32.2. The lowest BCUT2D eigenvalue weighted by atomic mass is 10.1. The van der Waals surface area contributed by atoms with Gasteiger partial charge in [0.1, 0.15) is 6.07 Å². The van der Waals surface area contributed by atoms with Gasteiger partial charge < -0.3 is 5.32 Å². The summed E-state index contributed by atoms with van der Waals surface area (Å²) in [4.78, 5) is 1.05. The first-order valence-electron chi connectivity index (χ1n) is 6.27. The highest BCUT2D eigenvalue weighted by Crippen LogP contribution is 2.28. The van der Waals surface area contributed by atoms with Gasteiger partial charge >= 0.3 is 0 Å². The zero-order valence-electron chi connectivity index (χ0n) is 10.6. The van der Waals surface area contributed by atoms with Crippen LogP contribution in [0.5, 0.6) is 0 Å². The second-order valence-corrected chi connectivity index (χ2v) is 6.62. The molecule has 1 aromatic carbocycles. The van der Waals surface area contributed by atoms with Crippen LogP contribution in [-0.4, -0.2) is 23.8 Å². The van der Waals surface area contributed by atoms with E-state index in [-0.39, 0.29) is 0 Å². The second-order valence-electron chi connectivity index (χ2n) is 4.36. The molecule has 0 amide bonds. The SMILES string of the molecule is CSc1cccc(NCC2CCCCS2)c1C#N. The quantitative estimate of drug-likeness (QED) is 0.845. The fraction of sp³-hybridized carbons (Fsp3) is 0.500. The van der Waals surface area contributed by atoms with Crippen LogP contribution in [-0.2, 0) is 0 Å².